The first-order chi connectivity index (χ1) is 12.5. The SMILES string of the molecule is CC(=O)c1c(C)[nH]c(C(=O)CSc2nccn2Cc2ccccc2)c1C. The molecule has 3 aromatic rings. The van der Waals surface area contributed by atoms with Crippen LogP contribution in [0.5, 0.6) is 0 Å². The third-order valence-corrected chi connectivity index (χ3v) is 5.28. The van der Waals surface area contributed by atoms with Crippen LogP contribution < -0.4 is 0 Å². The second kappa shape index (κ2) is 7.74. The van der Waals surface area contributed by atoms with Crippen molar-refractivity contribution in [3.8, 4) is 0 Å². The lowest BCUT2D eigenvalue weighted by atomic mass is 10.1. The van der Waals surface area contributed by atoms with Crippen LogP contribution >= 0.6 is 11.8 Å². The van der Waals surface area contributed by atoms with Gasteiger partial charge in [-0.05, 0) is 31.9 Å². The number of H-pyrrole nitrogens is 1. The van der Waals surface area contributed by atoms with Gasteiger partial charge in [-0.1, -0.05) is 42.1 Å². The Morgan fingerprint density at radius 2 is 1.92 bits per heavy atom. The number of rotatable bonds is 7. The van der Waals surface area contributed by atoms with E-state index in [-0.39, 0.29) is 17.3 Å². The summed E-state index contributed by atoms with van der Waals surface area (Å²) in [5.74, 6) is 0.211. The van der Waals surface area contributed by atoms with Crippen LogP contribution in [0.1, 0.15) is 44.6 Å². The molecule has 0 saturated heterocycles. The number of thioether (sulfide) groups is 1. The van der Waals surface area contributed by atoms with E-state index in [1.54, 1.807) is 6.20 Å². The minimum Gasteiger partial charge on any atom is -0.355 e. The van der Waals surface area contributed by atoms with E-state index in [0.717, 1.165) is 16.4 Å². The van der Waals surface area contributed by atoms with Crippen molar-refractivity contribution in [1.29, 1.82) is 0 Å². The first kappa shape index (κ1) is 18.2. The molecule has 26 heavy (non-hydrogen) atoms. The highest BCUT2D eigenvalue weighted by Crippen LogP contribution is 2.23. The Bertz CT molecular complexity index is 941. The van der Waals surface area contributed by atoms with Crippen molar-refractivity contribution in [3.63, 3.8) is 0 Å². The van der Waals surface area contributed by atoms with E-state index in [1.165, 1.54) is 24.2 Å². The number of aryl methyl sites for hydroxylation is 1. The maximum absolute atomic E-state index is 12.6. The fourth-order valence-electron chi connectivity index (χ4n) is 3.10. The second-order valence-electron chi connectivity index (χ2n) is 6.22. The zero-order chi connectivity index (χ0) is 18.7. The Hall–Kier alpha value is -2.60. The smallest absolute Gasteiger partial charge is 0.189 e. The molecule has 1 N–H and O–H groups in total. The molecule has 0 amide bonds. The van der Waals surface area contributed by atoms with E-state index >= 15 is 0 Å². The molecule has 134 valence electrons. The first-order valence-electron chi connectivity index (χ1n) is 8.38. The molecule has 5 nitrogen and oxygen atoms in total. The van der Waals surface area contributed by atoms with E-state index in [1.807, 2.05) is 42.8 Å². The zero-order valence-electron chi connectivity index (χ0n) is 15.1. The summed E-state index contributed by atoms with van der Waals surface area (Å²) in [6.45, 7) is 5.87. The predicted octanol–water partition coefficient (Wildman–Crippen LogP) is 4.05. The summed E-state index contributed by atoms with van der Waals surface area (Å²) in [5.41, 5.74) is 3.79. The Morgan fingerprint density at radius 3 is 2.58 bits per heavy atom. The van der Waals surface area contributed by atoms with Gasteiger partial charge < -0.3 is 9.55 Å². The van der Waals surface area contributed by atoms with Crippen molar-refractivity contribution in [3.05, 3.63) is 70.8 Å². The van der Waals surface area contributed by atoms with Crippen molar-refractivity contribution in [2.75, 3.05) is 5.75 Å². The number of imidazole rings is 1. The summed E-state index contributed by atoms with van der Waals surface area (Å²) >= 11 is 1.41. The molecular weight excluding hydrogens is 346 g/mol. The molecule has 0 atom stereocenters. The lowest BCUT2D eigenvalue weighted by Crippen LogP contribution is -2.07. The molecule has 0 spiro atoms. The van der Waals surface area contributed by atoms with Crippen LogP contribution in [0, 0.1) is 13.8 Å². The van der Waals surface area contributed by atoms with Crippen LogP contribution in [0.4, 0.5) is 0 Å². The molecule has 6 heteroatoms. The molecule has 0 fully saturated rings. The molecule has 0 saturated carbocycles. The van der Waals surface area contributed by atoms with Gasteiger partial charge in [-0.15, -0.1) is 0 Å². The molecule has 0 aliphatic heterocycles. The van der Waals surface area contributed by atoms with Gasteiger partial charge in [0.25, 0.3) is 0 Å². The number of nitrogens with one attached hydrogen (secondary N) is 1. The standard InChI is InChI=1S/C20H21N3O2S/c1-13-18(15(3)24)14(2)22-19(13)17(25)12-26-20-21-9-10-23(20)11-16-7-5-4-6-8-16/h4-10,22H,11-12H2,1-3H3. The monoisotopic (exact) mass is 367 g/mol. The molecule has 3 rings (SSSR count). The number of ketones is 2. The number of hydrogen-bond acceptors (Lipinski definition) is 4. The number of carbonyl (C=O) groups is 2. The molecule has 0 radical (unpaired) electrons. The Morgan fingerprint density at radius 1 is 1.19 bits per heavy atom. The zero-order valence-corrected chi connectivity index (χ0v) is 15.9. The number of carbonyl (C=O) groups excluding carboxylic acids is 2. The van der Waals surface area contributed by atoms with Gasteiger partial charge in [0, 0.05) is 30.2 Å². The third kappa shape index (κ3) is 3.80. The maximum atomic E-state index is 12.6. The van der Waals surface area contributed by atoms with Crippen LogP contribution in [0.3, 0.4) is 0 Å². The van der Waals surface area contributed by atoms with Crippen LogP contribution in [0.25, 0.3) is 0 Å². The van der Waals surface area contributed by atoms with Crippen molar-refractivity contribution in [2.24, 2.45) is 0 Å². The summed E-state index contributed by atoms with van der Waals surface area (Å²) in [6.07, 6.45) is 3.66. The summed E-state index contributed by atoms with van der Waals surface area (Å²) in [4.78, 5) is 31.8. The highest BCUT2D eigenvalue weighted by atomic mass is 32.2. The number of aromatic amines is 1. The fourth-order valence-corrected chi connectivity index (χ4v) is 3.93. The Labute approximate surface area is 156 Å². The maximum Gasteiger partial charge on any atom is 0.189 e. The average molecular weight is 367 g/mol. The lowest BCUT2D eigenvalue weighted by molar-refractivity contribution is 0.101. The number of aromatic nitrogens is 3. The molecule has 1 aromatic carbocycles. The first-order valence-corrected chi connectivity index (χ1v) is 9.37. The topological polar surface area (TPSA) is 67.8 Å². The Balaban J connectivity index is 1.71. The molecule has 0 unspecified atom stereocenters. The summed E-state index contributed by atoms with van der Waals surface area (Å²) in [7, 11) is 0. The van der Waals surface area contributed by atoms with Crippen LogP contribution in [0.15, 0.2) is 47.9 Å². The highest BCUT2D eigenvalue weighted by molar-refractivity contribution is 7.99. The van der Waals surface area contributed by atoms with Crippen LogP contribution in [-0.4, -0.2) is 31.9 Å². The highest BCUT2D eigenvalue weighted by Gasteiger charge is 2.20. The summed E-state index contributed by atoms with van der Waals surface area (Å²) < 4.78 is 2.03. The molecular formula is C20H21N3O2S. The second-order valence-corrected chi connectivity index (χ2v) is 7.16. The molecule has 0 aliphatic rings. The van der Waals surface area contributed by atoms with Gasteiger partial charge in [0.15, 0.2) is 16.7 Å². The van der Waals surface area contributed by atoms with Crippen molar-refractivity contribution in [2.45, 2.75) is 32.5 Å². The van der Waals surface area contributed by atoms with Gasteiger partial charge in [-0.2, -0.15) is 0 Å². The predicted molar refractivity (Wildman–Crippen MR) is 103 cm³/mol. The van der Waals surface area contributed by atoms with Gasteiger partial charge in [0.2, 0.25) is 0 Å². The lowest BCUT2D eigenvalue weighted by Gasteiger charge is -2.07. The normalized spacial score (nSPS) is 10.9. The summed E-state index contributed by atoms with van der Waals surface area (Å²) in [6, 6.07) is 10.1. The number of Topliss-reactive ketones (excluding diaryl/α,β-unsaturated/α-hetero) is 2. The van der Waals surface area contributed by atoms with Gasteiger partial charge in [0.1, 0.15) is 0 Å². The average Bonchev–Trinajstić information content (AvgIpc) is 3.17. The quantitative estimate of drug-likeness (QED) is 0.505. The van der Waals surface area contributed by atoms with E-state index in [2.05, 4.69) is 22.1 Å². The number of hydrogen-bond donors (Lipinski definition) is 1. The van der Waals surface area contributed by atoms with E-state index in [4.69, 9.17) is 0 Å². The third-order valence-electron chi connectivity index (χ3n) is 4.27. The van der Waals surface area contributed by atoms with Crippen molar-refractivity contribution < 1.29 is 9.59 Å². The van der Waals surface area contributed by atoms with Crippen LogP contribution in [0.2, 0.25) is 0 Å². The molecule has 0 bridgehead atoms. The van der Waals surface area contributed by atoms with E-state index in [0.29, 0.717) is 17.8 Å². The largest absolute Gasteiger partial charge is 0.355 e. The van der Waals surface area contributed by atoms with Gasteiger partial charge in [-0.3, -0.25) is 9.59 Å². The van der Waals surface area contributed by atoms with E-state index in [9.17, 15) is 9.59 Å². The van der Waals surface area contributed by atoms with Gasteiger partial charge in [-0.25, -0.2) is 4.98 Å². The van der Waals surface area contributed by atoms with Crippen molar-refractivity contribution in [1.82, 2.24) is 14.5 Å². The summed E-state index contributed by atoms with van der Waals surface area (Å²) in [5, 5.41) is 0.801. The van der Waals surface area contributed by atoms with E-state index < -0.39 is 0 Å². The number of benzene rings is 1. The van der Waals surface area contributed by atoms with Gasteiger partial charge >= 0.3 is 0 Å². The molecule has 2 aromatic heterocycles. The fraction of sp³-hybridized carbons (Fsp3) is 0.250. The minimum atomic E-state index is -0.0302. The van der Waals surface area contributed by atoms with Crippen LogP contribution in [-0.2, 0) is 6.54 Å². The molecule has 2 heterocycles. The number of nitrogens with zero attached hydrogens (tertiary/aromatic N) is 2. The van der Waals surface area contributed by atoms with Gasteiger partial charge in [0.05, 0.1) is 11.4 Å². The van der Waals surface area contributed by atoms with Crippen molar-refractivity contribution >= 4 is 23.3 Å². The minimum absolute atomic E-state index is 0.0265. The molecule has 0 aliphatic carbocycles. The Kier molecular flexibility index (Phi) is 5.42.